The molecule has 0 saturated carbocycles. The molecule has 6 rings (SSSR count). The average molecular weight is 758 g/mol. The van der Waals surface area contributed by atoms with Crippen molar-refractivity contribution in [3.63, 3.8) is 0 Å². The number of pyridine rings is 1. The van der Waals surface area contributed by atoms with Crippen molar-refractivity contribution in [2.45, 2.75) is 118 Å². The number of cyclic esters (lactones) is 1. The zero-order chi connectivity index (χ0) is 39.8. The van der Waals surface area contributed by atoms with Crippen molar-refractivity contribution in [2.24, 2.45) is 5.41 Å². The number of alkyl halides is 2. The quantitative estimate of drug-likeness (QED) is 0.196. The first-order chi connectivity index (χ1) is 25.9. The summed E-state index contributed by atoms with van der Waals surface area (Å²) in [4.78, 5) is 45.7. The van der Waals surface area contributed by atoms with Crippen LogP contribution in [0.2, 0.25) is 0 Å². The standard InChI is InChI=1S/C43H53F2N5O5/c1-9-49-35-15-14-27-22-31(35)32(37(49)30-12-10-16-46-36(30)25(2)3)23-43(7,8)24-54-40(52)33-13-11-17-50(48-33)39(51)34(47-41(53)55-42(4,5)6)20-26-18-28(27)21-29(19-26)38(44)45/h10,12,14-16,18-19,21-22,25,33-34,38,48H,9,11,13,17,20,23-24H2,1-8H3,(H,47,53)/t33-,34-/m0/s1. The summed E-state index contributed by atoms with van der Waals surface area (Å²) in [5.41, 5.74) is 8.22. The van der Waals surface area contributed by atoms with Gasteiger partial charge >= 0.3 is 12.1 Å². The second kappa shape index (κ2) is 15.7. The number of fused-ring (bicyclic) bond motifs is 6. The second-order valence-electron chi connectivity index (χ2n) is 16.8. The van der Waals surface area contributed by atoms with Crippen LogP contribution in [0.3, 0.4) is 0 Å². The van der Waals surface area contributed by atoms with Crippen molar-refractivity contribution in [1.82, 2.24) is 25.3 Å². The van der Waals surface area contributed by atoms with E-state index >= 15 is 0 Å². The van der Waals surface area contributed by atoms with Crippen LogP contribution in [-0.4, -0.2) is 63.4 Å². The molecule has 2 atom stereocenters. The van der Waals surface area contributed by atoms with Crippen molar-refractivity contribution < 1.29 is 32.6 Å². The van der Waals surface area contributed by atoms with Gasteiger partial charge in [0.1, 0.15) is 17.7 Å². The Morgan fingerprint density at radius 1 is 1.11 bits per heavy atom. The Kier molecular flexibility index (Phi) is 11.4. The van der Waals surface area contributed by atoms with E-state index in [0.717, 1.165) is 39.0 Å². The minimum Gasteiger partial charge on any atom is -0.464 e. The molecule has 2 N–H and O–H groups in total. The first-order valence-electron chi connectivity index (χ1n) is 19.2. The van der Waals surface area contributed by atoms with E-state index in [1.807, 2.05) is 30.5 Å². The Bertz CT molecular complexity index is 2090. The minimum atomic E-state index is -2.78. The number of nitrogens with zero attached hydrogens (tertiary/aromatic N) is 3. The average Bonchev–Trinajstić information content (AvgIpc) is 3.43. The number of esters is 1. The number of nitrogens with one attached hydrogen (secondary N) is 2. The highest BCUT2D eigenvalue weighted by Crippen LogP contribution is 2.42. The highest BCUT2D eigenvalue weighted by molar-refractivity contribution is 5.95. The molecule has 2 aromatic carbocycles. The lowest BCUT2D eigenvalue weighted by Crippen LogP contribution is -2.60. The van der Waals surface area contributed by atoms with Gasteiger partial charge < -0.3 is 19.4 Å². The van der Waals surface area contributed by atoms with Crippen LogP contribution in [0.15, 0.2) is 54.7 Å². The summed E-state index contributed by atoms with van der Waals surface area (Å²) in [5.74, 6) is -0.857. The molecule has 0 spiro atoms. The number of halogens is 2. The highest BCUT2D eigenvalue weighted by atomic mass is 19.3. The maximum atomic E-state index is 14.6. The van der Waals surface area contributed by atoms with Crippen LogP contribution in [0.1, 0.15) is 103 Å². The Labute approximate surface area is 321 Å². The van der Waals surface area contributed by atoms with Crippen LogP contribution in [0, 0.1) is 5.41 Å². The van der Waals surface area contributed by atoms with E-state index < -0.39 is 47.5 Å². The smallest absolute Gasteiger partial charge is 0.408 e. The van der Waals surface area contributed by atoms with Gasteiger partial charge in [-0.25, -0.2) is 19.0 Å². The molecule has 0 radical (unpaired) electrons. The summed E-state index contributed by atoms with van der Waals surface area (Å²) in [5, 5.41) is 4.97. The van der Waals surface area contributed by atoms with Gasteiger partial charge in [-0.3, -0.25) is 19.6 Å². The van der Waals surface area contributed by atoms with E-state index in [9.17, 15) is 23.2 Å². The molecule has 12 heteroatoms. The lowest BCUT2D eigenvalue weighted by atomic mass is 9.83. The van der Waals surface area contributed by atoms with Gasteiger partial charge in [-0.05, 0) is 105 Å². The van der Waals surface area contributed by atoms with Crippen molar-refractivity contribution in [2.75, 3.05) is 13.2 Å². The number of aromatic nitrogens is 2. The summed E-state index contributed by atoms with van der Waals surface area (Å²) in [6, 6.07) is 12.7. The van der Waals surface area contributed by atoms with E-state index in [4.69, 9.17) is 14.5 Å². The second-order valence-corrected chi connectivity index (χ2v) is 16.8. The number of hydrogen-bond acceptors (Lipinski definition) is 7. The van der Waals surface area contributed by atoms with Gasteiger partial charge in [0, 0.05) is 53.2 Å². The summed E-state index contributed by atoms with van der Waals surface area (Å²) in [6.07, 6.45) is -0.403. The molecule has 4 heterocycles. The molecule has 0 unspecified atom stereocenters. The van der Waals surface area contributed by atoms with Crippen LogP contribution in [-0.2, 0) is 38.4 Å². The molecule has 2 amide bonds. The van der Waals surface area contributed by atoms with Crippen LogP contribution in [0.25, 0.3) is 33.3 Å². The Balaban J connectivity index is 1.57. The fraction of sp³-hybridized carbons (Fsp3) is 0.488. The van der Waals surface area contributed by atoms with E-state index in [1.165, 1.54) is 17.1 Å². The van der Waals surface area contributed by atoms with Crippen LogP contribution < -0.4 is 10.7 Å². The van der Waals surface area contributed by atoms with E-state index in [0.29, 0.717) is 36.9 Å². The minimum absolute atomic E-state index is 0.101. The first-order valence-corrected chi connectivity index (χ1v) is 19.2. The number of hydrogen-bond donors (Lipinski definition) is 2. The van der Waals surface area contributed by atoms with E-state index in [-0.39, 0.29) is 31.1 Å². The first kappa shape index (κ1) is 39.8. The normalized spacial score (nSPS) is 19.4. The van der Waals surface area contributed by atoms with Gasteiger partial charge in [-0.1, -0.05) is 45.9 Å². The van der Waals surface area contributed by atoms with Gasteiger partial charge in [0.05, 0.1) is 18.0 Å². The summed E-state index contributed by atoms with van der Waals surface area (Å²) >= 11 is 0. The van der Waals surface area contributed by atoms with Gasteiger partial charge in [0.15, 0.2) is 0 Å². The monoisotopic (exact) mass is 757 g/mol. The zero-order valence-corrected chi connectivity index (χ0v) is 33.1. The predicted octanol–water partition coefficient (Wildman–Crippen LogP) is 8.51. The maximum absolute atomic E-state index is 14.6. The third-order valence-electron chi connectivity index (χ3n) is 10.2. The molecule has 2 aliphatic heterocycles. The number of aryl methyl sites for hydroxylation is 1. The summed E-state index contributed by atoms with van der Waals surface area (Å²) < 4.78 is 43.0. The molecular formula is C43H53F2N5O5. The van der Waals surface area contributed by atoms with Gasteiger partial charge in [0.25, 0.3) is 12.3 Å². The fourth-order valence-electron chi connectivity index (χ4n) is 7.71. The molecule has 2 aromatic heterocycles. The zero-order valence-electron chi connectivity index (χ0n) is 33.1. The molecule has 0 aliphatic carbocycles. The van der Waals surface area contributed by atoms with Gasteiger partial charge in [-0.2, -0.15) is 0 Å². The number of carbonyl (C=O) groups excluding carboxylic acids is 3. The molecule has 1 fully saturated rings. The molecule has 55 heavy (non-hydrogen) atoms. The van der Waals surface area contributed by atoms with E-state index in [1.54, 1.807) is 26.8 Å². The molecule has 6 bridgehead atoms. The fourth-order valence-corrected chi connectivity index (χ4v) is 7.71. The predicted molar refractivity (Wildman–Crippen MR) is 209 cm³/mol. The van der Waals surface area contributed by atoms with Crippen molar-refractivity contribution in [1.29, 1.82) is 0 Å². The number of amides is 2. The lowest BCUT2D eigenvalue weighted by molar-refractivity contribution is -0.155. The highest BCUT2D eigenvalue weighted by Gasteiger charge is 2.36. The number of ether oxygens (including phenoxy) is 2. The molecule has 1 saturated heterocycles. The number of alkyl carbamates (subject to hydrolysis) is 1. The summed E-state index contributed by atoms with van der Waals surface area (Å²) in [7, 11) is 0. The van der Waals surface area contributed by atoms with Crippen molar-refractivity contribution in [3.8, 4) is 22.4 Å². The van der Waals surface area contributed by atoms with Crippen LogP contribution in [0.5, 0.6) is 0 Å². The Hall–Kier alpha value is -4.84. The summed E-state index contributed by atoms with van der Waals surface area (Å²) in [6.45, 7) is 16.6. The number of hydrazine groups is 1. The van der Waals surface area contributed by atoms with Gasteiger partial charge in [0.2, 0.25) is 0 Å². The number of carbonyl (C=O) groups is 3. The number of benzene rings is 2. The molecule has 2 aliphatic rings. The molecule has 10 nitrogen and oxygen atoms in total. The third-order valence-corrected chi connectivity index (χ3v) is 10.2. The molecular weight excluding hydrogens is 704 g/mol. The lowest BCUT2D eigenvalue weighted by Gasteiger charge is -2.35. The van der Waals surface area contributed by atoms with E-state index in [2.05, 4.69) is 56.0 Å². The SMILES string of the molecule is CCn1c(-c2cccnc2C(C)C)c2c3cc(ccc31)-c1cc(cc(C(F)F)c1)C[C@H](NC(=O)OC(C)(C)C)C(=O)N1CCC[C@H](N1)C(=O)OCC(C)(C)C2. The van der Waals surface area contributed by atoms with Crippen molar-refractivity contribution in [3.05, 3.63) is 77.1 Å². The Morgan fingerprint density at radius 2 is 1.87 bits per heavy atom. The van der Waals surface area contributed by atoms with Gasteiger partial charge in [-0.15, -0.1) is 0 Å². The third kappa shape index (κ3) is 8.85. The largest absolute Gasteiger partial charge is 0.464 e. The maximum Gasteiger partial charge on any atom is 0.408 e. The molecule has 4 aromatic rings. The topological polar surface area (TPSA) is 115 Å². The van der Waals surface area contributed by atoms with Crippen molar-refractivity contribution >= 4 is 28.9 Å². The Morgan fingerprint density at radius 3 is 2.56 bits per heavy atom. The molecule has 294 valence electrons. The van der Waals surface area contributed by atoms with Crippen LogP contribution >= 0.6 is 0 Å². The van der Waals surface area contributed by atoms with Crippen LogP contribution in [0.4, 0.5) is 13.6 Å². The number of rotatable bonds is 5.